The first-order valence-electron chi connectivity index (χ1n) is 8.09. The molecule has 0 N–H and O–H groups in total. The molecule has 0 aliphatic carbocycles. The fourth-order valence-corrected chi connectivity index (χ4v) is 4.30. The molecule has 0 spiro atoms. The van der Waals surface area contributed by atoms with Crippen molar-refractivity contribution >= 4 is 39.0 Å². The van der Waals surface area contributed by atoms with E-state index in [1.807, 2.05) is 24.3 Å². The standard InChI is InChI=1S/C18H16ClN5S/c19-14-3-1-13(2-4-14)16-11-15-17(25-16)18(22-12-21-15)24-9-7-23(6-5-20)8-10-24/h1-4,11-12H,6-10H2. The zero-order valence-corrected chi connectivity index (χ0v) is 15.1. The highest BCUT2D eigenvalue weighted by atomic mass is 35.5. The molecular formula is C18H16ClN5S. The number of anilines is 1. The average molecular weight is 370 g/mol. The molecule has 0 radical (unpaired) electrons. The first kappa shape index (κ1) is 16.3. The summed E-state index contributed by atoms with van der Waals surface area (Å²) in [6.45, 7) is 4.01. The van der Waals surface area contributed by atoms with Gasteiger partial charge in [-0.25, -0.2) is 9.97 Å². The topological polar surface area (TPSA) is 56.1 Å². The van der Waals surface area contributed by atoms with E-state index in [4.69, 9.17) is 16.9 Å². The molecule has 0 saturated carbocycles. The van der Waals surface area contributed by atoms with Crippen LogP contribution in [0.1, 0.15) is 0 Å². The van der Waals surface area contributed by atoms with Crippen LogP contribution < -0.4 is 4.90 Å². The van der Waals surface area contributed by atoms with E-state index < -0.39 is 0 Å². The van der Waals surface area contributed by atoms with Crippen LogP contribution in [0.3, 0.4) is 0 Å². The Morgan fingerprint density at radius 1 is 1.12 bits per heavy atom. The van der Waals surface area contributed by atoms with Crippen LogP contribution in [-0.2, 0) is 0 Å². The van der Waals surface area contributed by atoms with E-state index in [0.29, 0.717) is 6.54 Å². The van der Waals surface area contributed by atoms with Gasteiger partial charge in [-0.15, -0.1) is 11.3 Å². The molecule has 1 aliphatic heterocycles. The lowest BCUT2D eigenvalue weighted by molar-refractivity contribution is 0.286. The largest absolute Gasteiger partial charge is 0.353 e. The Bertz CT molecular complexity index is 923. The first-order valence-corrected chi connectivity index (χ1v) is 9.29. The molecule has 25 heavy (non-hydrogen) atoms. The van der Waals surface area contributed by atoms with Gasteiger partial charge in [-0.05, 0) is 23.8 Å². The number of piperazine rings is 1. The second kappa shape index (κ2) is 6.96. The predicted molar refractivity (Wildman–Crippen MR) is 102 cm³/mol. The maximum atomic E-state index is 8.84. The summed E-state index contributed by atoms with van der Waals surface area (Å²) in [5.41, 5.74) is 2.11. The number of rotatable bonds is 3. The minimum Gasteiger partial charge on any atom is -0.353 e. The van der Waals surface area contributed by atoms with Crippen molar-refractivity contribution in [2.75, 3.05) is 37.6 Å². The van der Waals surface area contributed by atoms with Gasteiger partial charge in [-0.3, -0.25) is 4.90 Å². The van der Waals surface area contributed by atoms with Crippen molar-refractivity contribution in [2.45, 2.75) is 0 Å². The van der Waals surface area contributed by atoms with Crippen molar-refractivity contribution in [3.8, 4) is 16.5 Å². The number of fused-ring (bicyclic) bond motifs is 1. The summed E-state index contributed by atoms with van der Waals surface area (Å²) in [7, 11) is 0. The number of hydrogen-bond donors (Lipinski definition) is 0. The van der Waals surface area contributed by atoms with E-state index in [1.54, 1.807) is 17.7 Å². The van der Waals surface area contributed by atoms with Crippen molar-refractivity contribution in [2.24, 2.45) is 0 Å². The van der Waals surface area contributed by atoms with Crippen LogP contribution in [0.15, 0.2) is 36.7 Å². The summed E-state index contributed by atoms with van der Waals surface area (Å²) >= 11 is 7.70. The number of nitriles is 1. The van der Waals surface area contributed by atoms with Crippen molar-refractivity contribution in [1.82, 2.24) is 14.9 Å². The Morgan fingerprint density at radius 2 is 1.88 bits per heavy atom. The summed E-state index contributed by atoms with van der Waals surface area (Å²) < 4.78 is 1.11. The molecule has 4 rings (SSSR count). The molecular weight excluding hydrogens is 354 g/mol. The predicted octanol–water partition coefficient (Wildman–Crippen LogP) is 3.66. The first-order chi connectivity index (χ1) is 12.2. The molecule has 0 atom stereocenters. The maximum Gasteiger partial charge on any atom is 0.150 e. The second-order valence-corrected chi connectivity index (χ2v) is 7.44. The summed E-state index contributed by atoms with van der Waals surface area (Å²) in [6, 6.07) is 12.2. The van der Waals surface area contributed by atoms with Gasteiger partial charge in [0, 0.05) is 36.1 Å². The monoisotopic (exact) mass is 369 g/mol. The molecule has 0 unspecified atom stereocenters. The van der Waals surface area contributed by atoms with E-state index in [2.05, 4.69) is 31.9 Å². The van der Waals surface area contributed by atoms with Crippen molar-refractivity contribution in [1.29, 1.82) is 5.26 Å². The van der Waals surface area contributed by atoms with Gasteiger partial charge in [-0.2, -0.15) is 5.26 Å². The van der Waals surface area contributed by atoms with Crippen LogP contribution >= 0.6 is 22.9 Å². The number of aromatic nitrogens is 2. The third-order valence-electron chi connectivity index (χ3n) is 4.39. The van der Waals surface area contributed by atoms with Gasteiger partial charge >= 0.3 is 0 Å². The third-order valence-corrected chi connectivity index (χ3v) is 5.81. The summed E-state index contributed by atoms with van der Waals surface area (Å²) in [5.74, 6) is 0.992. The van der Waals surface area contributed by atoms with Gasteiger partial charge in [0.25, 0.3) is 0 Å². The van der Waals surface area contributed by atoms with E-state index in [-0.39, 0.29) is 0 Å². The highest BCUT2D eigenvalue weighted by molar-refractivity contribution is 7.22. The van der Waals surface area contributed by atoms with E-state index in [0.717, 1.165) is 57.7 Å². The maximum absolute atomic E-state index is 8.84. The van der Waals surface area contributed by atoms with E-state index in [1.165, 1.54) is 0 Å². The molecule has 0 bridgehead atoms. The van der Waals surface area contributed by atoms with Crippen LogP contribution in [0.25, 0.3) is 20.7 Å². The van der Waals surface area contributed by atoms with E-state index in [9.17, 15) is 0 Å². The zero-order valence-electron chi connectivity index (χ0n) is 13.5. The Balaban J connectivity index is 1.64. The van der Waals surface area contributed by atoms with Crippen molar-refractivity contribution < 1.29 is 0 Å². The SMILES string of the molecule is N#CCN1CCN(c2ncnc3cc(-c4ccc(Cl)cc4)sc23)CC1. The molecule has 7 heteroatoms. The second-order valence-electron chi connectivity index (χ2n) is 5.95. The summed E-state index contributed by atoms with van der Waals surface area (Å²) in [4.78, 5) is 14.6. The minimum absolute atomic E-state index is 0.493. The number of nitrogens with zero attached hydrogens (tertiary/aromatic N) is 5. The quantitative estimate of drug-likeness (QED) is 0.659. The van der Waals surface area contributed by atoms with Gasteiger partial charge in [-0.1, -0.05) is 23.7 Å². The minimum atomic E-state index is 0.493. The van der Waals surface area contributed by atoms with Gasteiger partial charge in [0.1, 0.15) is 12.1 Å². The third kappa shape index (κ3) is 3.31. The molecule has 1 aromatic carbocycles. The van der Waals surface area contributed by atoms with Crippen LogP contribution in [0.5, 0.6) is 0 Å². The zero-order chi connectivity index (χ0) is 17.2. The number of thiophene rings is 1. The fraction of sp³-hybridized carbons (Fsp3) is 0.278. The molecule has 5 nitrogen and oxygen atoms in total. The lowest BCUT2D eigenvalue weighted by atomic mass is 10.2. The fourth-order valence-electron chi connectivity index (χ4n) is 3.04. The Kier molecular flexibility index (Phi) is 4.53. The molecule has 0 amide bonds. The average Bonchev–Trinajstić information content (AvgIpc) is 3.07. The Morgan fingerprint density at radius 3 is 2.60 bits per heavy atom. The van der Waals surface area contributed by atoms with Crippen molar-refractivity contribution in [3.05, 3.63) is 41.7 Å². The molecule has 3 aromatic rings. The van der Waals surface area contributed by atoms with E-state index >= 15 is 0 Å². The number of halogens is 1. The highest BCUT2D eigenvalue weighted by Crippen LogP contribution is 2.37. The highest BCUT2D eigenvalue weighted by Gasteiger charge is 2.21. The number of benzene rings is 1. The van der Waals surface area contributed by atoms with Crippen LogP contribution in [0, 0.1) is 11.3 Å². The van der Waals surface area contributed by atoms with Gasteiger partial charge in [0.15, 0.2) is 0 Å². The lowest BCUT2D eigenvalue weighted by Crippen LogP contribution is -2.46. The smallest absolute Gasteiger partial charge is 0.150 e. The van der Waals surface area contributed by atoms with Gasteiger partial charge < -0.3 is 4.90 Å². The normalized spacial score (nSPS) is 15.4. The van der Waals surface area contributed by atoms with Gasteiger partial charge in [0.2, 0.25) is 0 Å². The van der Waals surface area contributed by atoms with Crippen LogP contribution in [0.2, 0.25) is 5.02 Å². The molecule has 1 saturated heterocycles. The van der Waals surface area contributed by atoms with Crippen LogP contribution in [0.4, 0.5) is 5.82 Å². The summed E-state index contributed by atoms with van der Waals surface area (Å²) in [5, 5.41) is 9.58. The lowest BCUT2D eigenvalue weighted by Gasteiger charge is -2.34. The summed E-state index contributed by atoms with van der Waals surface area (Å²) in [6.07, 6.45) is 1.64. The number of hydrogen-bond acceptors (Lipinski definition) is 6. The van der Waals surface area contributed by atoms with Crippen LogP contribution in [-0.4, -0.2) is 47.6 Å². The molecule has 1 aliphatic rings. The molecule has 126 valence electrons. The Hall–Kier alpha value is -2.20. The van der Waals surface area contributed by atoms with Gasteiger partial charge in [0.05, 0.1) is 22.8 Å². The Labute approximate surface area is 155 Å². The molecule has 1 fully saturated rings. The molecule has 2 aromatic heterocycles. The molecule has 3 heterocycles. The van der Waals surface area contributed by atoms with Crippen molar-refractivity contribution in [3.63, 3.8) is 0 Å².